The number of hydrogen-bond acceptors (Lipinski definition) is 4. The van der Waals surface area contributed by atoms with Gasteiger partial charge in [0.1, 0.15) is 5.82 Å². The van der Waals surface area contributed by atoms with Crippen molar-refractivity contribution in [3.63, 3.8) is 0 Å². The average Bonchev–Trinajstić information content (AvgIpc) is 2.63. The van der Waals surface area contributed by atoms with Gasteiger partial charge in [0.2, 0.25) is 0 Å². The first-order chi connectivity index (χ1) is 7.83. The Morgan fingerprint density at radius 1 is 1.31 bits per heavy atom. The molecule has 0 aromatic carbocycles. The van der Waals surface area contributed by atoms with Gasteiger partial charge >= 0.3 is 4.87 Å². The lowest BCUT2D eigenvalue weighted by atomic mass is 9.85. The number of nitrogens with one attached hydrogen (secondary N) is 1. The predicted molar refractivity (Wildman–Crippen MR) is 62.6 cm³/mol. The molecular weight excluding hydrogens is 222 g/mol. The summed E-state index contributed by atoms with van der Waals surface area (Å²) in [6.07, 6.45) is 7.27. The lowest BCUT2D eigenvalue weighted by Gasteiger charge is -2.23. The highest BCUT2D eigenvalue weighted by Gasteiger charge is 2.21. The molecule has 1 saturated carbocycles. The lowest BCUT2D eigenvalue weighted by Crippen LogP contribution is -2.12. The summed E-state index contributed by atoms with van der Waals surface area (Å²) in [5, 5.41) is 1.80. The van der Waals surface area contributed by atoms with E-state index in [4.69, 9.17) is 0 Å². The molecule has 1 N–H and O–H groups in total. The fourth-order valence-electron chi connectivity index (χ4n) is 1.78. The largest absolute Gasteiger partial charge is 0.312 e. The molecule has 0 amide bonds. The van der Waals surface area contributed by atoms with Crippen LogP contribution >= 0.6 is 11.3 Å². The van der Waals surface area contributed by atoms with Crippen LogP contribution in [0, 0.1) is 0 Å². The fourth-order valence-corrected chi connectivity index (χ4v) is 2.36. The third kappa shape index (κ3) is 1.67. The van der Waals surface area contributed by atoms with Crippen molar-refractivity contribution in [2.75, 3.05) is 0 Å². The molecule has 0 unspecified atom stereocenters. The van der Waals surface area contributed by atoms with Crippen LogP contribution in [0.2, 0.25) is 0 Å². The molecule has 0 aliphatic heterocycles. The molecule has 1 fully saturated rings. The summed E-state index contributed by atoms with van der Waals surface area (Å²) in [5.41, 5.74) is 1.68. The second-order valence-corrected chi connectivity index (χ2v) is 4.86. The van der Waals surface area contributed by atoms with Gasteiger partial charge < -0.3 is 4.98 Å². The summed E-state index contributed by atoms with van der Waals surface area (Å²) in [7, 11) is 0. The summed E-state index contributed by atoms with van der Waals surface area (Å²) in [4.78, 5) is 22.4. The SMILES string of the molecule is O=c1[nH]c(-c2cnc(C3CCC3)nc2)cs1. The first kappa shape index (κ1) is 9.72. The molecule has 0 atom stereocenters. The Morgan fingerprint density at radius 3 is 2.56 bits per heavy atom. The second-order valence-electron chi connectivity index (χ2n) is 4.02. The van der Waals surface area contributed by atoms with Gasteiger partial charge in [-0.3, -0.25) is 4.79 Å². The Balaban J connectivity index is 1.89. The smallest absolute Gasteiger partial charge is 0.304 e. The van der Waals surface area contributed by atoms with Crippen LogP contribution in [0.3, 0.4) is 0 Å². The van der Waals surface area contributed by atoms with Crippen molar-refractivity contribution in [1.29, 1.82) is 0 Å². The highest BCUT2D eigenvalue weighted by atomic mass is 32.1. The highest BCUT2D eigenvalue weighted by Crippen LogP contribution is 2.34. The molecule has 0 bridgehead atoms. The molecule has 0 spiro atoms. The van der Waals surface area contributed by atoms with Crippen LogP contribution in [0.1, 0.15) is 31.0 Å². The van der Waals surface area contributed by atoms with Gasteiger partial charge in [0.15, 0.2) is 0 Å². The number of nitrogens with zero attached hydrogens (tertiary/aromatic N) is 2. The molecule has 2 heterocycles. The van der Waals surface area contributed by atoms with E-state index >= 15 is 0 Å². The minimum atomic E-state index is -0.0435. The van der Waals surface area contributed by atoms with Crippen molar-refractivity contribution in [3.05, 3.63) is 33.3 Å². The second kappa shape index (κ2) is 3.83. The maximum absolute atomic E-state index is 11.0. The van der Waals surface area contributed by atoms with Gasteiger partial charge in [-0.2, -0.15) is 0 Å². The number of H-pyrrole nitrogens is 1. The molecule has 2 aromatic rings. The van der Waals surface area contributed by atoms with E-state index in [1.54, 1.807) is 17.8 Å². The van der Waals surface area contributed by atoms with Crippen molar-refractivity contribution in [1.82, 2.24) is 15.0 Å². The van der Waals surface area contributed by atoms with E-state index in [-0.39, 0.29) is 4.87 Å². The molecular formula is C11H11N3OS. The van der Waals surface area contributed by atoms with Gasteiger partial charge in [0.25, 0.3) is 0 Å². The van der Waals surface area contributed by atoms with Gasteiger partial charge in [-0.15, -0.1) is 0 Å². The van der Waals surface area contributed by atoms with Crippen molar-refractivity contribution in [2.24, 2.45) is 0 Å². The van der Waals surface area contributed by atoms with E-state index in [0.717, 1.165) is 28.4 Å². The Kier molecular flexibility index (Phi) is 2.32. The maximum Gasteiger partial charge on any atom is 0.304 e. The minimum absolute atomic E-state index is 0.0435. The van der Waals surface area contributed by atoms with Gasteiger partial charge in [0.05, 0.1) is 5.69 Å². The molecule has 1 aliphatic rings. The van der Waals surface area contributed by atoms with Crippen LogP contribution in [0.4, 0.5) is 0 Å². The van der Waals surface area contributed by atoms with E-state index < -0.39 is 0 Å². The van der Waals surface area contributed by atoms with Crippen molar-refractivity contribution >= 4 is 11.3 Å². The molecule has 0 saturated heterocycles. The lowest BCUT2D eigenvalue weighted by molar-refractivity contribution is 0.401. The Labute approximate surface area is 96.4 Å². The van der Waals surface area contributed by atoms with Gasteiger partial charge in [-0.05, 0) is 12.8 Å². The van der Waals surface area contributed by atoms with E-state index in [2.05, 4.69) is 15.0 Å². The zero-order valence-corrected chi connectivity index (χ0v) is 9.46. The van der Waals surface area contributed by atoms with Crippen LogP contribution in [0.25, 0.3) is 11.3 Å². The quantitative estimate of drug-likeness (QED) is 0.864. The third-order valence-corrected chi connectivity index (χ3v) is 3.64. The number of aromatic amines is 1. The summed E-state index contributed by atoms with van der Waals surface area (Å²) in [6, 6.07) is 0. The number of rotatable bonds is 2. The van der Waals surface area contributed by atoms with Crippen LogP contribution < -0.4 is 4.87 Å². The van der Waals surface area contributed by atoms with Crippen molar-refractivity contribution < 1.29 is 0 Å². The first-order valence-corrected chi connectivity index (χ1v) is 6.21. The summed E-state index contributed by atoms with van der Waals surface area (Å²) >= 11 is 1.16. The molecule has 0 radical (unpaired) electrons. The molecule has 3 rings (SSSR count). The zero-order chi connectivity index (χ0) is 11.0. The average molecular weight is 233 g/mol. The first-order valence-electron chi connectivity index (χ1n) is 5.33. The summed E-state index contributed by atoms with van der Waals surface area (Å²) in [6.45, 7) is 0. The maximum atomic E-state index is 11.0. The Hall–Kier alpha value is -1.49. The van der Waals surface area contributed by atoms with Gasteiger partial charge in [-0.1, -0.05) is 17.8 Å². The van der Waals surface area contributed by atoms with Crippen molar-refractivity contribution in [3.8, 4) is 11.3 Å². The van der Waals surface area contributed by atoms with Gasteiger partial charge in [-0.25, -0.2) is 9.97 Å². The van der Waals surface area contributed by atoms with Gasteiger partial charge in [0, 0.05) is 29.3 Å². The van der Waals surface area contributed by atoms with Crippen LogP contribution in [-0.2, 0) is 0 Å². The Bertz CT molecular complexity index is 539. The molecule has 82 valence electrons. The minimum Gasteiger partial charge on any atom is -0.312 e. The zero-order valence-electron chi connectivity index (χ0n) is 8.64. The molecule has 5 heteroatoms. The monoisotopic (exact) mass is 233 g/mol. The molecule has 1 aliphatic carbocycles. The van der Waals surface area contributed by atoms with Crippen LogP contribution in [-0.4, -0.2) is 15.0 Å². The molecule has 2 aromatic heterocycles. The standard InChI is InChI=1S/C11H11N3OS/c15-11-14-9(6-16-11)8-4-12-10(13-5-8)7-2-1-3-7/h4-7H,1-3H2,(H,14,15). The van der Waals surface area contributed by atoms with E-state index in [1.165, 1.54) is 19.3 Å². The molecule has 4 nitrogen and oxygen atoms in total. The topological polar surface area (TPSA) is 58.6 Å². The fraction of sp³-hybridized carbons (Fsp3) is 0.364. The Morgan fingerprint density at radius 2 is 2.06 bits per heavy atom. The highest BCUT2D eigenvalue weighted by molar-refractivity contribution is 7.07. The van der Waals surface area contributed by atoms with E-state index in [1.807, 2.05) is 0 Å². The summed E-state index contributed by atoms with van der Waals surface area (Å²) < 4.78 is 0. The number of hydrogen-bond donors (Lipinski definition) is 1. The van der Waals surface area contributed by atoms with E-state index in [9.17, 15) is 4.79 Å². The van der Waals surface area contributed by atoms with Crippen molar-refractivity contribution in [2.45, 2.75) is 25.2 Å². The molecule has 16 heavy (non-hydrogen) atoms. The van der Waals surface area contributed by atoms with Crippen LogP contribution in [0.5, 0.6) is 0 Å². The predicted octanol–water partition coefficient (Wildman–Crippen LogP) is 2.16. The van der Waals surface area contributed by atoms with E-state index in [0.29, 0.717) is 5.92 Å². The summed E-state index contributed by atoms with van der Waals surface area (Å²) in [5.74, 6) is 1.49. The third-order valence-electron chi connectivity index (χ3n) is 2.97. The normalized spacial score (nSPS) is 16.0. The number of thiazole rings is 1. The van der Waals surface area contributed by atoms with Crippen LogP contribution in [0.15, 0.2) is 22.6 Å². The number of aromatic nitrogens is 3.